The van der Waals surface area contributed by atoms with Crippen molar-refractivity contribution in [3.8, 4) is 5.75 Å². The molecule has 0 spiro atoms. The number of rotatable bonds is 5. The standard InChI is InChI=1S/C12H16FNO/c1-3-4-7-14-9(2)11-6-5-10(15)8-12(11)13/h3,5-6,8-9,14-15H,1,4,7H2,2H3. The van der Waals surface area contributed by atoms with Crippen molar-refractivity contribution in [3.05, 3.63) is 42.2 Å². The van der Waals surface area contributed by atoms with E-state index in [1.807, 2.05) is 13.0 Å². The second-order valence-electron chi connectivity index (χ2n) is 3.46. The van der Waals surface area contributed by atoms with Gasteiger partial charge < -0.3 is 10.4 Å². The van der Waals surface area contributed by atoms with Gasteiger partial charge in [0, 0.05) is 17.7 Å². The predicted molar refractivity (Wildman–Crippen MR) is 59.3 cm³/mol. The topological polar surface area (TPSA) is 32.3 Å². The average molecular weight is 209 g/mol. The molecule has 1 aromatic carbocycles. The number of nitrogens with one attached hydrogen (secondary N) is 1. The predicted octanol–water partition coefficient (Wildman–Crippen LogP) is 2.76. The Bertz CT molecular complexity index is 338. The molecule has 1 atom stereocenters. The van der Waals surface area contributed by atoms with E-state index in [4.69, 9.17) is 5.11 Å². The van der Waals surface area contributed by atoms with Crippen molar-refractivity contribution in [2.75, 3.05) is 6.54 Å². The molecule has 1 unspecified atom stereocenters. The van der Waals surface area contributed by atoms with Gasteiger partial charge in [-0.3, -0.25) is 0 Å². The first kappa shape index (κ1) is 11.7. The van der Waals surface area contributed by atoms with Gasteiger partial charge >= 0.3 is 0 Å². The molecule has 82 valence electrons. The summed E-state index contributed by atoms with van der Waals surface area (Å²) < 4.78 is 13.4. The van der Waals surface area contributed by atoms with Gasteiger partial charge in [0.2, 0.25) is 0 Å². The van der Waals surface area contributed by atoms with Crippen LogP contribution in [0.2, 0.25) is 0 Å². The van der Waals surface area contributed by atoms with Crippen molar-refractivity contribution in [2.24, 2.45) is 0 Å². The van der Waals surface area contributed by atoms with E-state index in [0.717, 1.165) is 19.0 Å². The smallest absolute Gasteiger partial charge is 0.131 e. The third-order valence-corrected chi connectivity index (χ3v) is 2.25. The van der Waals surface area contributed by atoms with Gasteiger partial charge in [-0.15, -0.1) is 6.58 Å². The molecule has 0 fully saturated rings. The molecule has 15 heavy (non-hydrogen) atoms. The number of phenols is 1. The molecule has 2 N–H and O–H groups in total. The second-order valence-corrected chi connectivity index (χ2v) is 3.46. The van der Waals surface area contributed by atoms with Crippen molar-refractivity contribution in [1.82, 2.24) is 5.32 Å². The van der Waals surface area contributed by atoms with Gasteiger partial charge in [0.05, 0.1) is 0 Å². The Balaban J connectivity index is 2.64. The highest BCUT2D eigenvalue weighted by atomic mass is 19.1. The normalized spacial score (nSPS) is 12.4. The molecule has 1 aromatic rings. The zero-order valence-corrected chi connectivity index (χ0v) is 8.83. The van der Waals surface area contributed by atoms with Crippen LogP contribution in [0.5, 0.6) is 5.75 Å². The van der Waals surface area contributed by atoms with Crippen LogP contribution < -0.4 is 5.32 Å². The number of aromatic hydroxyl groups is 1. The maximum absolute atomic E-state index is 13.4. The first-order valence-corrected chi connectivity index (χ1v) is 4.98. The van der Waals surface area contributed by atoms with Gasteiger partial charge in [-0.1, -0.05) is 12.1 Å². The summed E-state index contributed by atoms with van der Waals surface area (Å²) >= 11 is 0. The Morgan fingerprint density at radius 2 is 2.33 bits per heavy atom. The van der Waals surface area contributed by atoms with Crippen molar-refractivity contribution in [2.45, 2.75) is 19.4 Å². The van der Waals surface area contributed by atoms with E-state index in [1.54, 1.807) is 6.07 Å². The molecule has 0 heterocycles. The Morgan fingerprint density at radius 1 is 1.60 bits per heavy atom. The molecule has 0 aliphatic rings. The van der Waals surface area contributed by atoms with Crippen LogP contribution in [-0.2, 0) is 0 Å². The van der Waals surface area contributed by atoms with Crippen LogP contribution in [0, 0.1) is 5.82 Å². The second kappa shape index (κ2) is 5.51. The van der Waals surface area contributed by atoms with Crippen molar-refractivity contribution in [3.63, 3.8) is 0 Å². The molecule has 3 heteroatoms. The van der Waals surface area contributed by atoms with Gasteiger partial charge in [-0.2, -0.15) is 0 Å². The quantitative estimate of drug-likeness (QED) is 0.577. The van der Waals surface area contributed by atoms with Crippen molar-refractivity contribution < 1.29 is 9.50 Å². The lowest BCUT2D eigenvalue weighted by Gasteiger charge is -2.14. The third kappa shape index (κ3) is 3.36. The van der Waals surface area contributed by atoms with E-state index in [9.17, 15) is 4.39 Å². The Labute approximate surface area is 89.4 Å². The lowest BCUT2D eigenvalue weighted by molar-refractivity contribution is 0.464. The number of benzene rings is 1. The summed E-state index contributed by atoms with van der Waals surface area (Å²) in [6, 6.07) is 4.15. The molecule has 0 radical (unpaired) electrons. The molecule has 0 saturated carbocycles. The molecule has 0 saturated heterocycles. The van der Waals surface area contributed by atoms with Crippen LogP contribution in [0.1, 0.15) is 24.9 Å². The van der Waals surface area contributed by atoms with Crippen molar-refractivity contribution >= 4 is 0 Å². The molecule has 1 rings (SSSR count). The van der Waals surface area contributed by atoms with Crippen LogP contribution in [0.4, 0.5) is 4.39 Å². The molecule has 0 amide bonds. The molecule has 2 nitrogen and oxygen atoms in total. The zero-order valence-electron chi connectivity index (χ0n) is 8.83. The van der Waals surface area contributed by atoms with E-state index in [0.29, 0.717) is 5.56 Å². The van der Waals surface area contributed by atoms with Gasteiger partial charge in [0.15, 0.2) is 0 Å². The monoisotopic (exact) mass is 209 g/mol. The van der Waals surface area contributed by atoms with Gasteiger partial charge in [-0.25, -0.2) is 4.39 Å². The summed E-state index contributed by atoms with van der Waals surface area (Å²) in [6.07, 6.45) is 2.66. The van der Waals surface area contributed by atoms with Gasteiger partial charge in [0.25, 0.3) is 0 Å². The maximum atomic E-state index is 13.4. The minimum Gasteiger partial charge on any atom is -0.508 e. The SMILES string of the molecule is C=CCCNC(C)c1ccc(O)cc1F. The fraction of sp³-hybridized carbons (Fsp3) is 0.333. The van der Waals surface area contributed by atoms with E-state index in [-0.39, 0.29) is 17.6 Å². The van der Waals surface area contributed by atoms with E-state index in [1.165, 1.54) is 6.07 Å². The van der Waals surface area contributed by atoms with E-state index < -0.39 is 0 Å². The van der Waals surface area contributed by atoms with Crippen LogP contribution >= 0.6 is 0 Å². The first-order valence-electron chi connectivity index (χ1n) is 4.98. The van der Waals surface area contributed by atoms with Crippen LogP contribution in [0.25, 0.3) is 0 Å². The molecule has 0 bridgehead atoms. The maximum Gasteiger partial charge on any atom is 0.131 e. The number of phenolic OH excluding ortho intramolecular Hbond substituents is 1. The van der Waals surface area contributed by atoms with Gasteiger partial charge in [0.1, 0.15) is 11.6 Å². The molecule has 0 aliphatic carbocycles. The summed E-state index contributed by atoms with van der Waals surface area (Å²) in [5, 5.41) is 12.2. The summed E-state index contributed by atoms with van der Waals surface area (Å²) in [6.45, 7) is 6.27. The third-order valence-electron chi connectivity index (χ3n) is 2.25. The molecular weight excluding hydrogens is 193 g/mol. The minimum atomic E-state index is -0.381. The number of halogens is 1. The first-order chi connectivity index (χ1) is 7.15. The fourth-order valence-electron chi connectivity index (χ4n) is 1.38. The van der Waals surface area contributed by atoms with Crippen molar-refractivity contribution in [1.29, 1.82) is 0 Å². The Hall–Kier alpha value is -1.35. The van der Waals surface area contributed by atoms with E-state index >= 15 is 0 Å². The highest BCUT2D eigenvalue weighted by molar-refractivity contribution is 5.29. The molecule has 0 aliphatic heterocycles. The minimum absolute atomic E-state index is 0.0467. The highest BCUT2D eigenvalue weighted by Gasteiger charge is 2.10. The van der Waals surface area contributed by atoms with Crippen LogP contribution in [-0.4, -0.2) is 11.7 Å². The summed E-state index contributed by atoms with van der Waals surface area (Å²) in [5.41, 5.74) is 0.567. The summed E-state index contributed by atoms with van der Waals surface area (Å²) in [5.74, 6) is -0.428. The summed E-state index contributed by atoms with van der Waals surface area (Å²) in [4.78, 5) is 0. The van der Waals surface area contributed by atoms with Gasteiger partial charge in [-0.05, 0) is 26.0 Å². The summed E-state index contributed by atoms with van der Waals surface area (Å²) in [7, 11) is 0. The molecule has 0 aromatic heterocycles. The lowest BCUT2D eigenvalue weighted by Crippen LogP contribution is -2.20. The molecular formula is C12H16FNO. The number of hydrogen-bond donors (Lipinski definition) is 2. The van der Waals surface area contributed by atoms with Crippen LogP contribution in [0.15, 0.2) is 30.9 Å². The number of hydrogen-bond acceptors (Lipinski definition) is 2. The lowest BCUT2D eigenvalue weighted by atomic mass is 10.1. The highest BCUT2D eigenvalue weighted by Crippen LogP contribution is 2.20. The van der Waals surface area contributed by atoms with Crippen LogP contribution in [0.3, 0.4) is 0 Å². The average Bonchev–Trinajstić information content (AvgIpc) is 2.17. The van der Waals surface area contributed by atoms with E-state index in [2.05, 4.69) is 11.9 Å². The zero-order chi connectivity index (χ0) is 11.3. The largest absolute Gasteiger partial charge is 0.508 e. The fourth-order valence-corrected chi connectivity index (χ4v) is 1.38. The Morgan fingerprint density at radius 3 is 2.93 bits per heavy atom. The Kier molecular flexibility index (Phi) is 4.31.